The number of para-hydroxylation sites is 1. The van der Waals surface area contributed by atoms with Crippen molar-refractivity contribution in [2.45, 2.75) is 43.6 Å². The Morgan fingerprint density at radius 2 is 2.00 bits per heavy atom. The van der Waals surface area contributed by atoms with E-state index in [1.807, 2.05) is 30.3 Å². The molecule has 172 valence electrons. The SMILES string of the molecule is c1coc(CCNC(=NCC2COC3(CCOCC3)O2)NC2CCOc3ccccc32)c1. The predicted octanol–water partition coefficient (Wildman–Crippen LogP) is 2.80. The molecular formula is C24H31N3O5. The van der Waals surface area contributed by atoms with E-state index < -0.39 is 5.79 Å². The van der Waals surface area contributed by atoms with Crippen LogP contribution in [0.3, 0.4) is 0 Å². The van der Waals surface area contributed by atoms with Crippen molar-refractivity contribution >= 4 is 5.96 Å². The lowest BCUT2D eigenvalue weighted by molar-refractivity contribution is -0.210. The van der Waals surface area contributed by atoms with E-state index in [1.165, 1.54) is 0 Å². The lowest BCUT2D eigenvalue weighted by Crippen LogP contribution is -2.42. The van der Waals surface area contributed by atoms with Crippen LogP contribution in [0.1, 0.15) is 36.6 Å². The molecule has 2 atom stereocenters. The number of furan rings is 1. The van der Waals surface area contributed by atoms with E-state index in [1.54, 1.807) is 6.26 Å². The summed E-state index contributed by atoms with van der Waals surface area (Å²) in [6.45, 7) is 3.85. The van der Waals surface area contributed by atoms with Crippen LogP contribution in [0.2, 0.25) is 0 Å². The van der Waals surface area contributed by atoms with Gasteiger partial charge in [-0.25, -0.2) is 0 Å². The van der Waals surface area contributed by atoms with Gasteiger partial charge in [-0.3, -0.25) is 4.99 Å². The maximum absolute atomic E-state index is 6.25. The summed E-state index contributed by atoms with van der Waals surface area (Å²) in [5, 5.41) is 7.05. The summed E-state index contributed by atoms with van der Waals surface area (Å²) in [5.41, 5.74) is 1.15. The van der Waals surface area contributed by atoms with Crippen LogP contribution in [0.4, 0.5) is 0 Å². The third-order valence-electron chi connectivity index (χ3n) is 6.13. The fraction of sp³-hybridized carbons (Fsp3) is 0.542. The highest BCUT2D eigenvalue weighted by molar-refractivity contribution is 5.80. The molecule has 0 bridgehead atoms. The van der Waals surface area contributed by atoms with Gasteiger partial charge in [0, 0.05) is 37.8 Å². The maximum Gasteiger partial charge on any atom is 0.191 e. The van der Waals surface area contributed by atoms with Crippen molar-refractivity contribution in [2.24, 2.45) is 4.99 Å². The molecule has 5 rings (SSSR count). The number of nitrogens with one attached hydrogen (secondary N) is 2. The Labute approximate surface area is 188 Å². The van der Waals surface area contributed by atoms with Crippen LogP contribution < -0.4 is 15.4 Å². The minimum Gasteiger partial charge on any atom is -0.493 e. The molecule has 3 aliphatic rings. The predicted molar refractivity (Wildman–Crippen MR) is 119 cm³/mol. The molecular weight excluding hydrogens is 410 g/mol. The highest BCUT2D eigenvalue weighted by Crippen LogP contribution is 2.33. The molecule has 2 fully saturated rings. The minimum absolute atomic E-state index is 0.0567. The van der Waals surface area contributed by atoms with Crippen molar-refractivity contribution in [3.8, 4) is 5.75 Å². The molecule has 2 unspecified atom stereocenters. The summed E-state index contributed by atoms with van der Waals surface area (Å²) in [5.74, 6) is 2.15. The first-order valence-electron chi connectivity index (χ1n) is 11.5. The summed E-state index contributed by atoms with van der Waals surface area (Å²) < 4.78 is 29.0. The number of hydrogen-bond acceptors (Lipinski definition) is 6. The van der Waals surface area contributed by atoms with E-state index in [0.717, 1.165) is 48.7 Å². The average Bonchev–Trinajstić information content (AvgIpc) is 3.48. The van der Waals surface area contributed by atoms with Crippen molar-refractivity contribution in [3.05, 3.63) is 54.0 Å². The summed E-state index contributed by atoms with van der Waals surface area (Å²) >= 11 is 0. The van der Waals surface area contributed by atoms with Crippen LogP contribution in [0, 0.1) is 0 Å². The van der Waals surface area contributed by atoms with Gasteiger partial charge in [-0.15, -0.1) is 0 Å². The van der Waals surface area contributed by atoms with Gasteiger partial charge in [-0.1, -0.05) is 18.2 Å². The molecule has 8 heteroatoms. The van der Waals surface area contributed by atoms with Crippen molar-refractivity contribution in [1.82, 2.24) is 10.6 Å². The fourth-order valence-electron chi connectivity index (χ4n) is 4.41. The van der Waals surface area contributed by atoms with E-state index in [-0.39, 0.29) is 12.1 Å². The van der Waals surface area contributed by atoms with Crippen LogP contribution in [-0.2, 0) is 20.6 Å². The number of benzene rings is 1. The second-order valence-corrected chi connectivity index (χ2v) is 8.39. The zero-order valence-corrected chi connectivity index (χ0v) is 18.3. The Morgan fingerprint density at radius 1 is 1.09 bits per heavy atom. The molecule has 3 aliphatic heterocycles. The third kappa shape index (κ3) is 5.09. The summed E-state index contributed by atoms with van der Waals surface area (Å²) in [7, 11) is 0. The largest absolute Gasteiger partial charge is 0.493 e. The number of nitrogens with zero attached hydrogens (tertiary/aromatic N) is 1. The fourth-order valence-corrected chi connectivity index (χ4v) is 4.41. The topological polar surface area (TPSA) is 86.5 Å². The first-order valence-corrected chi connectivity index (χ1v) is 11.5. The van der Waals surface area contributed by atoms with Gasteiger partial charge in [0.05, 0.1) is 45.3 Å². The van der Waals surface area contributed by atoms with Gasteiger partial charge >= 0.3 is 0 Å². The number of rotatable bonds is 6. The first kappa shape index (κ1) is 21.3. The lowest BCUT2D eigenvalue weighted by Gasteiger charge is -2.31. The Kier molecular flexibility index (Phi) is 6.61. The molecule has 1 spiro atoms. The van der Waals surface area contributed by atoms with Gasteiger partial charge in [0.25, 0.3) is 0 Å². The highest BCUT2D eigenvalue weighted by atomic mass is 16.7. The van der Waals surface area contributed by atoms with Crippen LogP contribution in [0.25, 0.3) is 0 Å². The maximum atomic E-state index is 6.25. The molecule has 0 saturated carbocycles. The number of aliphatic imine (C=N–C) groups is 1. The Hall–Kier alpha value is -2.55. The van der Waals surface area contributed by atoms with Crippen molar-refractivity contribution in [3.63, 3.8) is 0 Å². The van der Waals surface area contributed by atoms with Gasteiger partial charge in [0.2, 0.25) is 0 Å². The second kappa shape index (κ2) is 9.94. The quantitative estimate of drug-likeness (QED) is 0.527. The number of hydrogen-bond donors (Lipinski definition) is 2. The molecule has 1 aromatic heterocycles. The van der Waals surface area contributed by atoms with Crippen LogP contribution in [0.15, 0.2) is 52.1 Å². The molecule has 0 aliphatic carbocycles. The van der Waals surface area contributed by atoms with E-state index in [0.29, 0.717) is 39.5 Å². The smallest absolute Gasteiger partial charge is 0.191 e. The summed E-state index contributed by atoms with van der Waals surface area (Å²) in [6, 6.07) is 12.2. The molecule has 2 aromatic rings. The number of fused-ring (bicyclic) bond motifs is 1. The normalized spacial score (nSPS) is 24.7. The van der Waals surface area contributed by atoms with E-state index in [4.69, 9.17) is 28.4 Å². The Balaban J connectivity index is 1.24. The molecule has 8 nitrogen and oxygen atoms in total. The van der Waals surface area contributed by atoms with Gasteiger partial charge in [-0.05, 0) is 18.2 Å². The van der Waals surface area contributed by atoms with Crippen LogP contribution in [-0.4, -0.2) is 57.4 Å². The minimum atomic E-state index is -0.488. The van der Waals surface area contributed by atoms with Crippen molar-refractivity contribution in [1.29, 1.82) is 0 Å². The standard InChI is InChI=1S/C24H31N3O5/c1-2-6-22-20(5-1)21(8-13-30-22)27-23(25-11-7-18-4-3-12-29-18)26-16-19-17-31-24(32-19)9-14-28-15-10-24/h1-6,12,19,21H,7-11,13-17H2,(H2,25,26,27). The van der Waals surface area contributed by atoms with E-state index in [2.05, 4.69) is 16.7 Å². The summed E-state index contributed by atoms with van der Waals surface area (Å²) in [4.78, 5) is 4.86. The Bertz CT molecular complexity index is 895. The van der Waals surface area contributed by atoms with E-state index >= 15 is 0 Å². The molecule has 4 heterocycles. The monoisotopic (exact) mass is 441 g/mol. The number of ether oxygens (including phenoxy) is 4. The van der Waals surface area contributed by atoms with Gasteiger partial charge < -0.3 is 34.0 Å². The lowest BCUT2D eigenvalue weighted by atomic mass is 10.0. The molecule has 0 amide bonds. The zero-order chi connectivity index (χ0) is 21.6. The van der Waals surface area contributed by atoms with E-state index in [9.17, 15) is 0 Å². The summed E-state index contributed by atoms with van der Waals surface area (Å²) in [6.07, 6.45) is 4.85. The molecule has 32 heavy (non-hydrogen) atoms. The zero-order valence-electron chi connectivity index (χ0n) is 18.3. The second-order valence-electron chi connectivity index (χ2n) is 8.39. The Morgan fingerprint density at radius 3 is 2.88 bits per heavy atom. The van der Waals surface area contributed by atoms with Gasteiger partial charge in [-0.2, -0.15) is 0 Å². The van der Waals surface area contributed by atoms with Crippen molar-refractivity contribution < 1.29 is 23.4 Å². The van der Waals surface area contributed by atoms with Crippen LogP contribution >= 0.6 is 0 Å². The third-order valence-corrected chi connectivity index (χ3v) is 6.13. The average molecular weight is 442 g/mol. The molecule has 2 N–H and O–H groups in total. The van der Waals surface area contributed by atoms with Crippen LogP contribution in [0.5, 0.6) is 5.75 Å². The van der Waals surface area contributed by atoms with Gasteiger partial charge in [0.15, 0.2) is 11.7 Å². The first-order chi connectivity index (χ1) is 15.8. The number of guanidine groups is 1. The van der Waals surface area contributed by atoms with Gasteiger partial charge in [0.1, 0.15) is 17.6 Å². The molecule has 0 radical (unpaired) electrons. The van der Waals surface area contributed by atoms with Crippen molar-refractivity contribution in [2.75, 3.05) is 39.5 Å². The molecule has 1 aromatic carbocycles. The molecule has 2 saturated heterocycles. The highest BCUT2D eigenvalue weighted by Gasteiger charge is 2.42.